The summed E-state index contributed by atoms with van der Waals surface area (Å²) in [5.41, 5.74) is 1.73. The van der Waals surface area contributed by atoms with Crippen molar-refractivity contribution in [1.82, 2.24) is 0 Å². The van der Waals surface area contributed by atoms with Gasteiger partial charge in [-0.2, -0.15) is 0 Å². The second-order valence-electron chi connectivity index (χ2n) is 4.64. The summed E-state index contributed by atoms with van der Waals surface area (Å²) in [5.74, 6) is -0.0220. The topological polar surface area (TPSA) is 46.5 Å². The fourth-order valence-corrected chi connectivity index (χ4v) is 1.93. The molecular formula is C13H18O3. The Morgan fingerprint density at radius 1 is 1.44 bits per heavy atom. The zero-order chi connectivity index (χ0) is 12.3. The molecule has 0 radical (unpaired) electrons. The third kappa shape index (κ3) is 2.75. The molecule has 0 aliphatic carbocycles. The smallest absolute Gasteiger partial charge is 0.304 e. The summed E-state index contributed by atoms with van der Waals surface area (Å²) in [5, 5.41) is 8.90. The van der Waals surface area contributed by atoms with E-state index in [1.807, 2.05) is 39.0 Å². The van der Waals surface area contributed by atoms with Crippen LogP contribution < -0.4 is 4.74 Å². The van der Waals surface area contributed by atoms with E-state index in [-0.39, 0.29) is 11.8 Å². The van der Waals surface area contributed by atoms with E-state index in [4.69, 9.17) is 9.84 Å². The van der Waals surface area contributed by atoms with Gasteiger partial charge in [0.25, 0.3) is 0 Å². The Balaban J connectivity index is 3.14. The number of aliphatic carboxylic acids is 1. The molecule has 1 N–H and O–H groups in total. The molecule has 0 amide bonds. The first-order valence-corrected chi connectivity index (χ1v) is 5.24. The first-order valence-electron chi connectivity index (χ1n) is 5.24. The molecular weight excluding hydrogens is 204 g/mol. The molecule has 0 fully saturated rings. The summed E-state index contributed by atoms with van der Waals surface area (Å²) < 4.78 is 5.16. The number of carboxylic acids is 1. The van der Waals surface area contributed by atoms with Crippen LogP contribution in [0.15, 0.2) is 18.2 Å². The number of benzene rings is 1. The zero-order valence-corrected chi connectivity index (χ0v) is 10.2. The van der Waals surface area contributed by atoms with E-state index >= 15 is 0 Å². The Hall–Kier alpha value is -1.51. The average Bonchev–Trinajstić information content (AvgIpc) is 2.16. The fraction of sp³-hybridized carbons (Fsp3) is 0.462. The van der Waals surface area contributed by atoms with Gasteiger partial charge in [0.15, 0.2) is 0 Å². The van der Waals surface area contributed by atoms with E-state index in [0.29, 0.717) is 0 Å². The van der Waals surface area contributed by atoms with Crippen LogP contribution in [0.4, 0.5) is 0 Å². The summed E-state index contributed by atoms with van der Waals surface area (Å²) in [6.45, 7) is 5.85. The molecule has 0 aliphatic heterocycles. The Morgan fingerprint density at radius 2 is 2.06 bits per heavy atom. The van der Waals surface area contributed by atoms with E-state index in [0.717, 1.165) is 16.9 Å². The lowest BCUT2D eigenvalue weighted by molar-refractivity contribution is -0.138. The van der Waals surface area contributed by atoms with Crippen LogP contribution in [0, 0.1) is 6.92 Å². The van der Waals surface area contributed by atoms with E-state index in [1.165, 1.54) is 0 Å². The molecule has 0 atom stereocenters. The van der Waals surface area contributed by atoms with Crippen LogP contribution in [0.2, 0.25) is 0 Å². The van der Waals surface area contributed by atoms with Gasteiger partial charge in [0.1, 0.15) is 5.75 Å². The molecule has 1 rings (SSSR count). The molecule has 0 aliphatic rings. The van der Waals surface area contributed by atoms with Crippen molar-refractivity contribution in [2.24, 2.45) is 0 Å². The van der Waals surface area contributed by atoms with Crippen molar-refractivity contribution in [1.29, 1.82) is 0 Å². The van der Waals surface area contributed by atoms with Gasteiger partial charge in [0, 0.05) is 5.41 Å². The minimum Gasteiger partial charge on any atom is -0.497 e. The van der Waals surface area contributed by atoms with Crippen molar-refractivity contribution < 1.29 is 14.6 Å². The van der Waals surface area contributed by atoms with Crippen molar-refractivity contribution in [3.63, 3.8) is 0 Å². The highest BCUT2D eigenvalue weighted by Gasteiger charge is 2.26. The van der Waals surface area contributed by atoms with Crippen LogP contribution in [-0.2, 0) is 10.2 Å². The fourth-order valence-electron chi connectivity index (χ4n) is 1.93. The van der Waals surface area contributed by atoms with Gasteiger partial charge < -0.3 is 9.84 Å². The molecule has 0 aromatic heterocycles. The van der Waals surface area contributed by atoms with Gasteiger partial charge >= 0.3 is 5.97 Å². The molecule has 1 aromatic carbocycles. The van der Waals surface area contributed by atoms with Crippen molar-refractivity contribution in [2.75, 3.05) is 7.11 Å². The summed E-state index contributed by atoms with van der Waals surface area (Å²) in [7, 11) is 1.61. The third-order valence-corrected chi connectivity index (χ3v) is 2.77. The minimum atomic E-state index is -0.785. The predicted molar refractivity (Wildman–Crippen MR) is 63.0 cm³/mol. The number of aryl methyl sites for hydroxylation is 1. The highest BCUT2D eigenvalue weighted by atomic mass is 16.5. The quantitative estimate of drug-likeness (QED) is 0.852. The predicted octanol–water partition coefficient (Wildman–Crippen LogP) is 2.76. The maximum absolute atomic E-state index is 10.8. The van der Waals surface area contributed by atoms with Crippen LogP contribution in [0.5, 0.6) is 5.75 Å². The summed E-state index contributed by atoms with van der Waals surface area (Å²) in [6, 6.07) is 5.76. The first kappa shape index (κ1) is 12.6. The molecule has 88 valence electrons. The maximum Gasteiger partial charge on any atom is 0.304 e. The lowest BCUT2D eigenvalue weighted by atomic mass is 9.79. The SMILES string of the molecule is COc1ccc(C)c(C(C)(C)CC(=O)O)c1. The second-order valence-corrected chi connectivity index (χ2v) is 4.64. The van der Waals surface area contributed by atoms with E-state index < -0.39 is 5.97 Å². The molecule has 0 spiro atoms. The van der Waals surface area contributed by atoms with Gasteiger partial charge in [-0.3, -0.25) is 4.79 Å². The number of methoxy groups -OCH3 is 1. The van der Waals surface area contributed by atoms with Crippen molar-refractivity contribution >= 4 is 5.97 Å². The highest BCUT2D eigenvalue weighted by molar-refractivity contribution is 5.69. The summed E-state index contributed by atoms with van der Waals surface area (Å²) in [6.07, 6.45) is 0.112. The van der Waals surface area contributed by atoms with Crippen molar-refractivity contribution in [3.05, 3.63) is 29.3 Å². The van der Waals surface area contributed by atoms with Gasteiger partial charge in [0.2, 0.25) is 0 Å². The number of carbonyl (C=O) groups is 1. The number of rotatable bonds is 4. The number of hydrogen-bond donors (Lipinski definition) is 1. The van der Waals surface area contributed by atoms with Gasteiger partial charge in [-0.05, 0) is 30.2 Å². The lowest BCUT2D eigenvalue weighted by Gasteiger charge is -2.25. The van der Waals surface area contributed by atoms with E-state index in [2.05, 4.69) is 0 Å². The van der Waals surface area contributed by atoms with Crippen molar-refractivity contribution in [2.45, 2.75) is 32.6 Å². The van der Waals surface area contributed by atoms with Crippen LogP contribution in [0.3, 0.4) is 0 Å². The largest absolute Gasteiger partial charge is 0.497 e. The van der Waals surface area contributed by atoms with Gasteiger partial charge in [0.05, 0.1) is 13.5 Å². The molecule has 0 saturated carbocycles. The first-order chi connectivity index (χ1) is 7.36. The summed E-state index contributed by atoms with van der Waals surface area (Å²) in [4.78, 5) is 10.8. The standard InChI is InChI=1S/C13H18O3/c1-9-5-6-10(16-4)7-11(9)13(2,3)8-12(14)15/h5-7H,8H2,1-4H3,(H,14,15). The minimum absolute atomic E-state index is 0.112. The van der Waals surface area contributed by atoms with Crippen LogP contribution in [-0.4, -0.2) is 18.2 Å². The number of hydrogen-bond acceptors (Lipinski definition) is 2. The summed E-state index contributed by atoms with van der Waals surface area (Å²) >= 11 is 0. The molecule has 3 heteroatoms. The van der Waals surface area contributed by atoms with Gasteiger partial charge in [-0.25, -0.2) is 0 Å². The zero-order valence-electron chi connectivity index (χ0n) is 10.2. The number of carboxylic acid groups (broad SMARTS) is 1. The number of ether oxygens (including phenoxy) is 1. The highest BCUT2D eigenvalue weighted by Crippen LogP contribution is 2.32. The maximum atomic E-state index is 10.8. The lowest BCUT2D eigenvalue weighted by Crippen LogP contribution is -2.22. The molecule has 16 heavy (non-hydrogen) atoms. The van der Waals surface area contributed by atoms with Gasteiger partial charge in [-0.15, -0.1) is 0 Å². The molecule has 3 nitrogen and oxygen atoms in total. The van der Waals surface area contributed by atoms with Crippen molar-refractivity contribution in [3.8, 4) is 5.75 Å². The van der Waals surface area contributed by atoms with Crippen LogP contribution >= 0.6 is 0 Å². The molecule has 0 unspecified atom stereocenters. The van der Waals surface area contributed by atoms with Crippen LogP contribution in [0.25, 0.3) is 0 Å². The van der Waals surface area contributed by atoms with E-state index in [1.54, 1.807) is 7.11 Å². The Bertz CT molecular complexity index is 394. The van der Waals surface area contributed by atoms with E-state index in [9.17, 15) is 4.79 Å². The Kier molecular flexibility index (Phi) is 3.58. The normalized spacial score (nSPS) is 11.2. The monoisotopic (exact) mass is 222 g/mol. The average molecular weight is 222 g/mol. The second kappa shape index (κ2) is 4.56. The molecule has 0 saturated heterocycles. The third-order valence-electron chi connectivity index (χ3n) is 2.77. The Morgan fingerprint density at radius 3 is 2.56 bits per heavy atom. The Labute approximate surface area is 96.1 Å². The molecule has 0 bridgehead atoms. The molecule has 0 heterocycles. The van der Waals surface area contributed by atoms with Crippen LogP contribution in [0.1, 0.15) is 31.4 Å². The van der Waals surface area contributed by atoms with Gasteiger partial charge in [-0.1, -0.05) is 19.9 Å². The molecule has 1 aromatic rings.